The van der Waals surface area contributed by atoms with E-state index in [1.165, 1.54) is 10.8 Å². The first-order valence-electron chi connectivity index (χ1n) is 4.07. The van der Waals surface area contributed by atoms with Gasteiger partial charge in [-0.25, -0.2) is 0 Å². The van der Waals surface area contributed by atoms with Gasteiger partial charge in [0.05, 0.1) is 0 Å². The summed E-state index contributed by atoms with van der Waals surface area (Å²) in [6.07, 6.45) is 0. The molecule has 2 aromatic rings. The van der Waals surface area contributed by atoms with E-state index < -0.39 is 0 Å². The number of hydrogen-bond acceptors (Lipinski definition) is 1. The lowest BCUT2D eigenvalue weighted by Gasteiger charge is -2.01. The molecule has 0 atom stereocenters. The number of anilines is 1. The molecule has 60 valence electrons. The summed E-state index contributed by atoms with van der Waals surface area (Å²) in [5.74, 6) is 0. The van der Waals surface area contributed by atoms with E-state index in [0.29, 0.717) is 0 Å². The van der Waals surface area contributed by atoms with E-state index in [1.54, 1.807) is 0 Å². The molecule has 0 aliphatic heterocycles. The maximum atomic E-state index is 3.12. The van der Waals surface area contributed by atoms with E-state index in [1.807, 2.05) is 7.05 Å². The van der Waals surface area contributed by atoms with Gasteiger partial charge in [0.15, 0.2) is 0 Å². The number of nitrogens with one attached hydrogen (secondary N) is 1. The quantitative estimate of drug-likeness (QED) is 0.671. The molecule has 0 unspecified atom stereocenters. The van der Waals surface area contributed by atoms with Gasteiger partial charge in [0.25, 0.3) is 0 Å². The fourth-order valence-electron chi connectivity index (χ4n) is 1.34. The Morgan fingerprint density at radius 2 is 1.67 bits per heavy atom. The van der Waals surface area contributed by atoms with Gasteiger partial charge in [-0.05, 0) is 22.9 Å². The van der Waals surface area contributed by atoms with Gasteiger partial charge in [-0.2, -0.15) is 0 Å². The van der Waals surface area contributed by atoms with Gasteiger partial charge in [-0.3, -0.25) is 0 Å². The highest BCUT2D eigenvalue weighted by atomic mass is 14.8. The molecule has 0 aromatic heterocycles. The maximum absolute atomic E-state index is 3.12. The van der Waals surface area contributed by atoms with E-state index in [0.717, 1.165) is 5.69 Å². The van der Waals surface area contributed by atoms with Gasteiger partial charge in [-0.15, -0.1) is 0 Å². The van der Waals surface area contributed by atoms with Gasteiger partial charge in [0, 0.05) is 12.7 Å². The Labute approximate surface area is 72.0 Å². The average Bonchev–Trinajstić information content (AvgIpc) is 2.17. The summed E-state index contributed by atoms with van der Waals surface area (Å²) in [7, 11) is 1.93. The van der Waals surface area contributed by atoms with Crippen LogP contribution < -0.4 is 5.32 Å². The molecule has 2 rings (SSSR count). The molecule has 0 heterocycles. The topological polar surface area (TPSA) is 12.0 Å². The molecule has 1 nitrogen and oxygen atoms in total. The second kappa shape index (κ2) is 2.86. The van der Waals surface area contributed by atoms with Crippen molar-refractivity contribution < 1.29 is 0 Å². The van der Waals surface area contributed by atoms with Crippen LogP contribution in [0.1, 0.15) is 0 Å². The molecule has 0 radical (unpaired) electrons. The van der Waals surface area contributed by atoms with Crippen LogP contribution in [0.4, 0.5) is 5.69 Å². The van der Waals surface area contributed by atoms with Gasteiger partial charge in [-0.1, -0.05) is 30.3 Å². The summed E-state index contributed by atoms with van der Waals surface area (Å²) in [5, 5.41) is 5.69. The molecule has 0 aliphatic carbocycles. The highest BCUT2D eigenvalue weighted by Crippen LogP contribution is 2.17. The Balaban J connectivity index is 2.67. The lowest BCUT2D eigenvalue weighted by Crippen LogP contribution is -1.86. The highest BCUT2D eigenvalue weighted by molar-refractivity contribution is 5.85. The van der Waals surface area contributed by atoms with Crippen molar-refractivity contribution in [1.82, 2.24) is 0 Å². The Morgan fingerprint density at radius 3 is 2.42 bits per heavy atom. The number of hydrogen-bond donors (Lipinski definition) is 1. The molecule has 0 aliphatic rings. The van der Waals surface area contributed by atoms with Crippen molar-refractivity contribution in [2.75, 3.05) is 12.4 Å². The first-order valence-corrected chi connectivity index (χ1v) is 4.07. The normalized spacial score (nSPS) is 10.1. The fourth-order valence-corrected chi connectivity index (χ4v) is 1.34. The monoisotopic (exact) mass is 157 g/mol. The fraction of sp³-hybridized carbons (Fsp3) is 0.0909. The Bertz CT molecular complexity index is 393. The zero-order valence-corrected chi connectivity index (χ0v) is 7.04. The molecule has 12 heavy (non-hydrogen) atoms. The predicted molar refractivity (Wildman–Crippen MR) is 53.5 cm³/mol. The summed E-state index contributed by atoms with van der Waals surface area (Å²) in [6, 6.07) is 14.7. The average molecular weight is 157 g/mol. The van der Waals surface area contributed by atoms with Crippen molar-refractivity contribution in [3.05, 3.63) is 42.5 Å². The Hall–Kier alpha value is -1.50. The van der Waals surface area contributed by atoms with Crippen molar-refractivity contribution in [1.29, 1.82) is 0 Å². The molecular weight excluding hydrogens is 146 g/mol. The van der Waals surface area contributed by atoms with Crippen LogP contribution in [0.3, 0.4) is 0 Å². The van der Waals surface area contributed by atoms with Crippen LogP contribution in [0, 0.1) is 0 Å². The lowest BCUT2D eigenvalue weighted by atomic mass is 10.1. The Kier molecular flexibility index (Phi) is 1.71. The van der Waals surface area contributed by atoms with Crippen LogP contribution in [0.15, 0.2) is 42.5 Å². The van der Waals surface area contributed by atoms with Crippen molar-refractivity contribution in [2.45, 2.75) is 0 Å². The molecule has 2 aromatic carbocycles. The SMILES string of the molecule is CNc1ccc2ccccc2c1. The summed E-state index contributed by atoms with van der Waals surface area (Å²) >= 11 is 0. The van der Waals surface area contributed by atoms with Crippen LogP contribution in [0.2, 0.25) is 0 Å². The van der Waals surface area contributed by atoms with Gasteiger partial charge in [0.1, 0.15) is 0 Å². The summed E-state index contributed by atoms with van der Waals surface area (Å²) in [4.78, 5) is 0. The third-order valence-corrected chi connectivity index (χ3v) is 2.04. The van der Waals surface area contributed by atoms with E-state index >= 15 is 0 Å². The number of benzene rings is 2. The molecule has 0 spiro atoms. The number of rotatable bonds is 1. The van der Waals surface area contributed by atoms with E-state index in [-0.39, 0.29) is 0 Å². The van der Waals surface area contributed by atoms with Crippen molar-refractivity contribution in [3.8, 4) is 0 Å². The smallest absolute Gasteiger partial charge is 0.0343 e. The van der Waals surface area contributed by atoms with E-state index in [9.17, 15) is 0 Å². The minimum atomic E-state index is 1.16. The Morgan fingerprint density at radius 1 is 0.917 bits per heavy atom. The summed E-state index contributed by atoms with van der Waals surface area (Å²) < 4.78 is 0. The molecule has 0 amide bonds. The van der Waals surface area contributed by atoms with Crippen LogP contribution in [-0.2, 0) is 0 Å². The standard InChI is InChI=1S/C11H11N/c1-12-11-7-6-9-4-2-3-5-10(9)8-11/h2-8,12H,1H3. The van der Waals surface area contributed by atoms with E-state index in [2.05, 4.69) is 47.8 Å². The number of fused-ring (bicyclic) bond motifs is 1. The zero-order chi connectivity index (χ0) is 8.39. The summed E-state index contributed by atoms with van der Waals surface area (Å²) in [6.45, 7) is 0. The third kappa shape index (κ3) is 1.14. The first kappa shape index (κ1) is 7.17. The van der Waals surface area contributed by atoms with Crippen molar-refractivity contribution >= 4 is 16.5 Å². The minimum absolute atomic E-state index is 1.16. The van der Waals surface area contributed by atoms with Gasteiger partial charge >= 0.3 is 0 Å². The van der Waals surface area contributed by atoms with Gasteiger partial charge < -0.3 is 5.32 Å². The van der Waals surface area contributed by atoms with Crippen molar-refractivity contribution in [3.63, 3.8) is 0 Å². The predicted octanol–water partition coefficient (Wildman–Crippen LogP) is 2.88. The largest absolute Gasteiger partial charge is 0.388 e. The first-order chi connectivity index (χ1) is 5.90. The zero-order valence-electron chi connectivity index (χ0n) is 7.04. The van der Waals surface area contributed by atoms with Crippen LogP contribution in [0.5, 0.6) is 0 Å². The van der Waals surface area contributed by atoms with Crippen LogP contribution in [0.25, 0.3) is 10.8 Å². The van der Waals surface area contributed by atoms with Gasteiger partial charge in [0.2, 0.25) is 0 Å². The van der Waals surface area contributed by atoms with Crippen LogP contribution >= 0.6 is 0 Å². The second-order valence-electron chi connectivity index (χ2n) is 2.81. The molecule has 0 fully saturated rings. The van der Waals surface area contributed by atoms with Crippen LogP contribution in [-0.4, -0.2) is 7.05 Å². The van der Waals surface area contributed by atoms with Crippen molar-refractivity contribution in [2.24, 2.45) is 0 Å². The lowest BCUT2D eigenvalue weighted by molar-refractivity contribution is 1.53. The highest BCUT2D eigenvalue weighted by Gasteiger charge is 1.91. The molecule has 0 saturated heterocycles. The molecule has 0 saturated carbocycles. The minimum Gasteiger partial charge on any atom is -0.388 e. The summed E-state index contributed by atoms with van der Waals surface area (Å²) in [5.41, 5.74) is 1.16. The maximum Gasteiger partial charge on any atom is 0.0343 e. The second-order valence-corrected chi connectivity index (χ2v) is 2.81. The molecule has 1 N–H and O–H groups in total. The third-order valence-electron chi connectivity index (χ3n) is 2.04. The van der Waals surface area contributed by atoms with E-state index in [4.69, 9.17) is 0 Å². The molecular formula is C11H11N. The molecule has 1 heteroatoms. The molecule has 0 bridgehead atoms.